The fourth-order valence-electron chi connectivity index (χ4n) is 3.22. The number of hydrogen-bond donors (Lipinski definition) is 9. The van der Waals surface area contributed by atoms with Crippen molar-refractivity contribution in [2.75, 3.05) is 23.7 Å². The molecule has 13 heteroatoms. The van der Waals surface area contributed by atoms with Crippen LogP contribution >= 0.6 is 11.6 Å². The van der Waals surface area contributed by atoms with Crippen molar-refractivity contribution in [3.63, 3.8) is 0 Å². The van der Waals surface area contributed by atoms with Gasteiger partial charge in [-0.2, -0.15) is 4.99 Å². The highest BCUT2D eigenvalue weighted by Crippen LogP contribution is 2.14. The van der Waals surface area contributed by atoms with E-state index in [0.29, 0.717) is 41.7 Å². The van der Waals surface area contributed by atoms with Crippen molar-refractivity contribution in [2.45, 2.75) is 32.6 Å². The van der Waals surface area contributed by atoms with Crippen molar-refractivity contribution in [2.24, 2.45) is 32.5 Å². The summed E-state index contributed by atoms with van der Waals surface area (Å²) in [6.45, 7) is 6.91. The number of benzene rings is 2. The van der Waals surface area contributed by atoms with Crippen LogP contribution in [0.3, 0.4) is 0 Å². The van der Waals surface area contributed by atoms with Gasteiger partial charge < -0.3 is 26.8 Å². The molecule has 0 amide bonds. The van der Waals surface area contributed by atoms with Gasteiger partial charge in [0, 0.05) is 35.6 Å². The van der Waals surface area contributed by atoms with Crippen LogP contribution in [0.1, 0.15) is 31.2 Å². The zero-order valence-corrected chi connectivity index (χ0v) is 22.9. The van der Waals surface area contributed by atoms with Gasteiger partial charge in [0.2, 0.25) is 11.9 Å². The summed E-state index contributed by atoms with van der Waals surface area (Å²) < 4.78 is 0. The van der Waals surface area contributed by atoms with Crippen LogP contribution in [0.2, 0.25) is 5.02 Å². The van der Waals surface area contributed by atoms with Crippen LogP contribution in [-0.2, 0) is 0 Å². The molecule has 0 heterocycles. The number of nitrogens with two attached hydrogens (primary N) is 3. The number of nitrogens with zero attached hydrogens (tertiary/aromatic N) is 3. The van der Waals surface area contributed by atoms with E-state index in [1.165, 1.54) is 11.8 Å². The number of aryl methyl sites for hydroxylation is 1. The number of amidine groups is 1. The van der Waals surface area contributed by atoms with Gasteiger partial charge in [0.1, 0.15) is 11.7 Å². The van der Waals surface area contributed by atoms with Crippen molar-refractivity contribution < 1.29 is 0 Å². The zero-order valence-electron chi connectivity index (χ0n) is 22.2. The molecule has 0 fully saturated rings. The molecule has 0 aliphatic carbocycles. The van der Waals surface area contributed by atoms with E-state index in [1.54, 1.807) is 18.2 Å². The van der Waals surface area contributed by atoms with Crippen molar-refractivity contribution >= 4 is 40.7 Å². The van der Waals surface area contributed by atoms with E-state index in [0.717, 1.165) is 37.1 Å². The molecule has 0 saturated heterocycles. The number of unbranched alkanes of at least 4 members (excludes halogenated alkanes) is 3. The third kappa shape index (κ3) is 12.8. The van der Waals surface area contributed by atoms with Gasteiger partial charge in [-0.15, -0.1) is 0 Å². The van der Waals surface area contributed by atoms with Gasteiger partial charge in [-0.1, -0.05) is 48.7 Å². The number of hydrogen-bond acceptors (Lipinski definition) is 7. The Bertz CT molecular complexity index is 1120. The molecule has 0 spiro atoms. The predicted octanol–water partition coefficient (Wildman–Crippen LogP) is 2.81. The van der Waals surface area contributed by atoms with Crippen LogP contribution < -0.4 is 49.8 Å². The summed E-state index contributed by atoms with van der Waals surface area (Å²) in [6.07, 6.45) is 6.96. The van der Waals surface area contributed by atoms with Crippen LogP contribution in [0.15, 0.2) is 88.2 Å². The highest BCUT2D eigenvalue weighted by atomic mass is 35.5. The van der Waals surface area contributed by atoms with E-state index in [9.17, 15) is 0 Å². The second kappa shape index (κ2) is 18.2. The molecule has 0 bridgehead atoms. The normalized spacial score (nSPS) is 12.5. The van der Waals surface area contributed by atoms with Gasteiger partial charge in [-0.25, -0.2) is 17.5 Å². The summed E-state index contributed by atoms with van der Waals surface area (Å²) in [4.78, 5) is 13.3. The second-order valence-corrected chi connectivity index (χ2v) is 8.75. The average molecular weight is 555 g/mol. The van der Waals surface area contributed by atoms with Crippen LogP contribution in [0.25, 0.3) is 0 Å². The molecule has 0 saturated carbocycles. The van der Waals surface area contributed by atoms with E-state index < -0.39 is 0 Å². The van der Waals surface area contributed by atoms with Crippen molar-refractivity contribution in [3.05, 3.63) is 83.8 Å². The van der Waals surface area contributed by atoms with E-state index in [2.05, 4.69) is 53.8 Å². The molecule has 2 aromatic carbocycles. The summed E-state index contributed by atoms with van der Waals surface area (Å²) in [7, 11) is 0. The lowest BCUT2D eigenvalue weighted by Gasteiger charge is -2.11. The number of anilines is 2. The van der Waals surface area contributed by atoms with Gasteiger partial charge in [-0.05, 0) is 62.4 Å². The van der Waals surface area contributed by atoms with E-state index in [1.807, 2.05) is 43.3 Å². The first-order chi connectivity index (χ1) is 19.0. The molecule has 0 radical (unpaired) electrons. The molecule has 0 aliphatic rings. The summed E-state index contributed by atoms with van der Waals surface area (Å²) >= 11 is 5.92. The topological polar surface area (TPSA) is 187 Å². The fourth-order valence-corrected chi connectivity index (χ4v) is 3.35. The molecular weight excluding hydrogens is 516 g/mol. The van der Waals surface area contributed by atoms with Crippen LogP contribution in [0.4, 0.5) is 11.4 Å². The summed E-state index contributed by atoms with van der Waals surface area (Å²) in [5.74, 6) is 18.6. The Morgan fingerprint density at radius 3 is 2.03 bits per heavy atom. The van der Waals surface area contributed by atoms with Crippen molar-refractivity contribution in [3.8, 4) is 0 Å². The first-order valence-corrected chi connectivity index (χ1v) is 12.9. The summed E-state index contributed by atoms with van der Waals surface area (Å²) in [5.41, 5.74) is 10.6. The van der Waals surface area contributed by atoms with Crippen molar-refractivity contribution in [1.29, 1.82) is 0 Å². The molecule has 12 N–H and O–H groups in total. The molecular formula is C26H39ClN12. The fraction of sp³-hybridized carbons (Fsp3) is 0.269. The molecule has 2 rings (SSSR count). The minimum atomic E-state index is 0.311. The standard InChI is InChI=1S/C26H39ClN12/c1-3-31-25(35-22-12-8-19(2)9-13-22)36-26(39-30)33-17-7-5-4-6-16-32-23(37-28)18-24(38-29)34-21-14-10-20(27)11-15-21/h3,8-15,18,34,38H,1,4-7,16-17,28-30H2,2H3,(H,32,37)(H3,31,33,35,36,39)/b24-18-. The maximum Gasteiger partial charge on any atom is 0.235 e. The molecule has 0 aliphatic heterocycles. The van der Waals surface area contributed by atoms with Gasteiger partial charge in [0.05, 0.1) is 0 Å². The SMILES string of the molecule is C=CN/C(=N\C(=N\CCCCCC/N=C(/C=C(\NN)Nc1ccc(Cl)cc1)NN)NN)Nc1ccc(C)cc1. The Morgan fingerprint density at radius 2 is 1.44 bits per heavy atom. The van der Waals surface area contributed by atoms with Crippen LogP contribution in [0, 0.1) is 6.92 Å². The lowest BCUT2D eigenvalue weighted by Crippen LogP contribution is -2.34. The number of guanidine groups is 2. The Hall–Kier alpha value is -4.10. The second-order valence-electron chi connectivity index (χ2n) is 8.31. The van der Waals surface area contributed by atoms with Gasteiger partial charge in [-0.3, -0.25) is 15.4 Å². The predicted molar refractivity (Wildman–Crippen MR) is 164 cm³/mol. The smallest absolute Gasteiger partial charge is 0.235 e. The lowest BCUT2D eigenvalue weighted by molar-refractivity contribution is 0.652. The van der Waals surface area contributed by atoms with Gasteiger partial charge in [0.15, 0.2) is 0 Å². The Labute approximate surface area is 234 Å². The minimum Gasteiger partial charge on any atom is -0.341 e. The highest BCUT2D eigenvalue weighted by molar-refractivity contribution is 6.30. The third-order valence-corrected chi connectivity index (χ3v) is 5.47. The maximum absolute atomic E-state index is 5.92. The molecule has 0 atom stereocenters. The molecule has 0 unspecified atom stereocenters. The summed E-state index contributed by atoms with van der Waals surface area (Å²) in [6, 6.07) is 15.2. The zero-order chi connectivity index (χ0) is 28.3. The number of hydrazine groups is 3. The van der Waals surface area contributed by atoms with E-state index >= 15 is 0 Å². The molecule has 2 aromatic rings. The van der Waals surface area contributed by atoms with Gasteiger partial charge in [0.25, 0.3) is 0 Å². The number of halogens is 1. The van der Waals surface area contributed by atoms with Crippen molar-refractivity contribution in [1.82, 2.24) is 21.6 Å². The van der Waals surface area contributed by atoms with Crippen LogP contribution in [-0.4, -0.2) is 30.8 Å². The first kappa shape index (κ1) is 31.1. The van der Waals surface area contributed by atoms with E-state index in [-0.39, 0.29) is 0 Å². The minimum absolute atomic E-state index is 0.311. The van der Waals surface area contributed by atoms with Gasteiger partial charge >= 0.3 is 0 Å². The average Bonchev–Trinajstić information content (AvgIpc) is 2.94. The monoisotopic (exact) mass is 554 g/mol. The number of rotatable bonds is 13. The molecule has 0 aromatic heterocycles. The Kier molecular flexibility index (Phi) is 14.5. The first-order valence-electron chi connectivity index (χ1n) is 12.5. The molecule has 39 heavy (non-hydrogen) atoms. The molecule has 210 valence electrons. The Balaban J connectivity index is 1.78. The quantitative estimate of drug-likeness (QED) is 0.0589. The number of aliphatic imine (C=N–C) groups is 3. The van der Waals surface area contributed by atoms with Crippen LogP contribution in [0.5, 0.6) is 0 Å². The highest BCUT2D eigenvalue weighted by Gasteiger charge is 2.02. The summed E-state index contributed by atoms with van der Waals surface area (Å²) in [5, 5.41) is 9.92. The Morgan fingerprint density at radius 1 is 0.821 bits per heavy atom. The van der Waals surface area contributed by atoms with E-state index in [4.69, 9.17) is 29.1 Å². The maximum atomic E-state index is 5.92. The lowest BCUT2D eigenvalue weighted by atomic mass is 10.2. The third-order valence-electron chi connectivity index (χ3n) is 5.22. The number of nitrogens with one attached hydrogen (secondary N) is 6. The molecule has 12 nitrogen and oxygen atoms in total. The largest absolute Gasteiger partial charge is 0.341 e.